The normalized spacial score (nSPS) is 12.3. The van der Waals surface area contributed by atoms with Crippen molar-refractivity contribution < 1.29 is 33.3 Å². The standard InChI is InChI=1S/C19H17NO7S/c1-24-18(22)14-12(15(19(23)25-2)28-16(14)20)9-27-17(21)11-7-10-5-3-4-6-13(10)26-8-11/h3-7H,8-9,20H2,1-2H3. The van der Waals surface area contributed by atoms with Crippen LogP contribution < -0.4 is 10.5 Å². The van der Waals surface area contributed by atoms with Gasteiger partial charge in [-0.3, -0.25) is 0 Å². The number of rotatable bonds is 5. The second kappa shape index (κ2) is 8.13. The Morgan fingerprint density at radius 2 is 1.82 bits per heavy atom. The number of nitrogens with two attached hydrogens (primary N) is 1. The number of hydrogen-bond donors (Lipinski definition) is 1. The van der Waals surface area contributed by atoms with Gasteiger partial charge in [-0.1, -0.05) is 18.2 Å². The summed E-state index contributed by atoms with van der Waals surface area (Å²) in [5.74, 6) is -1.38. The summed E-state index contributed by atoms with van der Waals surface area (Å²) in [4.78, 5) is 36.6. The lowest BCUT2D eigenvalue weighted by atomic mass is 10.1. The molecule has 8 nitrogen and oxygen atoms in total. The van der Waals surface area contributed by atoms with E-state index in [-0.39, 0.29) is 34.2 Å². The summed E-state index contributed by atoms with van der Waals surface area (Å²) < 4.78 is 20.3. The van der Waals surface area contributed by atoms with Gasteiger partial charge in [-0.15, -0.1) is 11.3 Å². The Morgan fingerprint density at radius 3 is 2.54 bits per heavy atom. The highest BCUT2D eigenvalue weighted by atomic mass is 32.1. The number of para-hydroxylation sites is 1. The third-order valence-corrected chi connectivity index (χ3v) is 5.08. The molecule has 0 aliphatic carbocycles. The minimum atomic E-state index is -0.732. The third-order valence-electron chi connectivity index (χ3n) is 4.04. The summed E-state index contributed by atoms with van der Waals surface area (Å²) in [6.07, 6.45) is 1.67. The van der Waals surface area contributed by atoms with E-state index in [1.807, 2.05) is 18.2 Å². The SMILES string of the molecule is COC(=O)c1sc(N)c(C(=O)OC)c1COC(=O)C1=Cc2ccccc2OC1. The summed E-state index contributed by atoms with van der Waals surface area (Å²) in [5.41, 5.74) is 7.05. The summed E-state index contributed by atoms with van der Waals surface area (Å²) in [7, 11) is 2.39. The molecule has 1 aromatic carbocycles. The molecular formula is C19H17NO7S. The molecule has 28 heavy (non-hydrogen) atoms. The predicted octanol–water partition coefficient (Wildman–Crippen LogP) is 2.42. The maximum atomic E-state index is 12.5. The van der Waals surface area contributed by atoms with Crippen molar-refractivity contribution in [3.05, 3.63) is 51.4 Å². The van der Waals surface area contributed by atoms with E-state index >= 15 is 0 Å². The minimum absolute atomic E-state index is 0.0140. The molecule has 0 amide bonds. The Balaban J connectivity index is 1.84. The van der Waals surface area contributed by atoms with Crippen LogP contribution in [0.15, 0.2) is 29.8 Å². The van der Waals surface area contributed by atoms with Crippen LogP contribution in [-0.4, -0.2) is 38.7 Å². The maximum Gasteiger partial charge on any atom is 0.348 e. The molecule has 0 atom stereocenters. The Kier molecular flexibility index (Phi) is 5.65. The van der Waals surface area contributed by atoms with Crippen molar-refractivity contribution in [2.24, 2.45) is 0 Å². The highest BCUT2D eigenvalue weighted by Gasteiger charge is 2.28. The maximum absolute atomic E-state index is 12.5. The highest BCUT2D eigenvalue weighted by Crippen LogP contribution is 2.33. The fraction of sp³-hybridized carbons (Fsp3) is 0.211. The molecule has 0 radical (unpaired) electrons. The number of thiophene rings is 1. The number of methoxy groups -OCH3 is 2. The van der Waals surface area contributed by atoms with E-state index in [4.69, 9.17) is 24.7 Å². The number of anilines is 1. The third kappa shape index (κ3) is 3.70. The van der Waals surface area contributed by atoms with Crippen LogP contribution in [0.3, 0.4) is 0 Å². The summed E-state index contributed by atoms with van der Waals surface area (Å²) in [6, 6.07) is 7.27. The second-order valence-corrected chi connectivity index (χ2v) is 6.76. The molecule has 3 rings (SSSR count). The Morgan fingerprint density at radius 1 is 1.11 bits per heavy atom. The van der Waals surface area contributed by atoms with Crippen molar-refractivity contribution in [3.63, 3.8) is 0 Å². The van der Waals surface area contributed by atoms with Crippen molar-refractivity contribution in [1.82, 2.24) is 0 Å². The zero-order chi connectivity index (χ0) is 20.3. The van der Waals surface area contributed by atoms with Crippen LogP contribution in [0.5, 0.6) is 5.75 Å². The topological polar surface area (TPSA) is 114 Å². The van der Waals surface area contributed by atoms with Crippen LogP contribution in [0, 0.1) is 0 Å². The first-order chi connectivity index (χ1) is 13.5. The number of ether oxygens (including phenoxy) is 4. The second-order valence-electron chi connectivity index (χ2n) is 5.70. The Labute approximate surface area is 164 Å². The van der Waals surface area contributed by atoms with Gasteiger partial charge in [0, 0.05) is 11.1 Å². The van der Waals surface area contributed by atoms with E-state index in [9.17, 15) is 14.4 Å². The van der Waals surface area contributed by atoms with Gasteiger partial charge in [0.05, 0.1) is 19.8 Å². The quantitative estimate of drug-likeness (QED) is 0.598. The van der Waals surface area contributed by atoms with Crippen molar-refractivity contribution in [3.8, 4) is 5.75 Å². The van der Waals surface area contributed by atoms with Gasteiger partial charge in [0.1, 0.15) is 34.4 Å². The van der Waals surface area contributed by atoms with Gasteiger partial charge >= 0.3 is 17.9 Å². The lowest BCUT2D eigenvalue weighted by Gasteiger charge is -2.17. The fourth-order valence-corrected chi connectivity index (χ4v) is 3.65. The number of carbonyl (C=O) groups is 3. The van der Waals surface area contributed by atoms with E-state index in [1.54, 1.807) is 12.1 Å². The minimum Gasteiger partial charge on any atom is -0.488 e. The van der Waals surface area contributed by atoms with Gasteiger partial charge in [-0.25, -0.2) is 14.4 Å². The van der Waals surface area contributed by atoms with Crippen LogP contribution in [0.1, 0.15) is 31.2 Å². The molecule has 0 spiro atoms. The van der Waals surface area contributed by atoms with Crippen molar-refractivity contribution in [2.45, 2.75) is 6.61 Å². The molecule has 1 aromatic heterocycles. The van der Waals surface area contributed by atoms with E-state index < -0.39 is 17.9 Å². The number of esters is 3. The number of fused-ring (bicyclic) bond motifs is 1. The molecule has 0 fully saturated rings. The number of hydrogen-bond acceptors (Lipinski definition) is 9. The first kappa shape index (κ1) is 19.4. The Hall–Kier alpha value is -3.33. The molecule has 0 saturated heterocycles. The molecule has 2 aromatic rings. The number of carbonyl (C=O) groups excluding carboxylic acids is 3. The first-order valence-electron chi connectivity index (χ1n) is 8.13. The lowest BCUT2D eigenvalue weighted by Crippen LogP contribution is -2.18. The number of benzene rings is 1. The lowest BCUT2D eigenvalue weighted by molar-refractivity contribution is -0.140. The largest absolute Gasteiger partial charge is 0.488 e. The summed E-state index contributed by atoms with van der Waals surface area (Å²) in [6.45, 7) is -0.296. The van der Waals surface area contributed by atoms with E-state index in [2.05, 4.69) is 0 Å². The van der Waals surface area contributed by atoms with Gasteiger partial charge in [0.15, 0.2) is 0 Å². The number of nitrogen functional groups attached to an aromatic ring is 1. The molecule has 2 heterocycles. The van der Waals surface area contributed by atoms with Crippen molar-refractivity contribution in [2.75, 3.05) is 26.6 Å². The van der Waals surface area contributed by atoms with E-state index in [1.165, 1.54) is 14.2 Å². The van der Waals surface area contributed by atoms with Crippen LogP contribution in [0.2, 0.25) is 0 Å². The molecule has 0 bridgehead atoms. The average Bonchev–Trinajstić information content (AvgIpc) is 3.06. The molecule has 1 aliphatic heterocycles. The van der Waals surface area contributed by atoms with Crippen molar-refractivity contribution in [1.29, 1.82) is 0 Å². The molecule has 9 heteroatoms. The van der Waals surface area contributed by atoms with Gasteiger partial charge in [0.2, 0.25) is 0 Å². The summed E-state index contributed by atoms with van der Waals surface area (Å²) in [5, 5.41) is 0.0763. The van der Waals surface area contributed by atoms with Crippen LogP contribution >= 0.6 is 11.3 Å². The van der Waals surface area contributed by atoms with Gasteiger partial charge in [-0.2, -0.15) is 0 Å². The monoisotopic (exact) mass is 403 g/mol. The fourth-order valence-electron chi connectivity index (χ4n) is 2.67. The predicted molar refractivity (Wildman–Crippen MR) is 101 cm³/mol. The van der Waals surface area contributed by atoms with Crippen molar-refractivity contribution >= 4 is 40.3 Å². The van der Waals surface area contributed by atoms with E-state index in [0.29, 0.717) is 11.3 Å². The molecule has 0 saturated carbocycles. The average molecular weight is 403 g/mol. The summed E-state index contributed by atoms with van der Waals surface area (Å²) >= 11 is 0.867. The van der Waals surface area contributed by atoms with Gasteiger partial charge < -0.3 is 24.7 Å². The molecular weight excluding hydrogens is 386 g/mol. The zero-order valence-electron chi connectivity index (χ0n) is 15.1. The molecule has 1 aliphatic rings. The smallest absolute Gasteiger partial charge is 0.348 e. The zero-order valence-corrected chi connectivity index (χ0v) is 16.0. The van der Waals surface area contributed by atoms with Gasteiger partial charge in [-0.05, 0) is 12.1 Å². The van der Waals surface area contributed by atoms with Gasteiger partial charge in [0.25, 0.3) is 0 Å². The molecule has 2 N–H and O–H groups in total. The Bertz CT molecular complexity index is 977. The van der Waals surface area contributed by atoms with E-state index in [0.717, 1.165) is 16.9 Å². The van der Waals surface area contributed by atoms with Crippen LogP contribution in [0.25, 0.3) is 6.08 Å². The first-order valence-corrected chi connectivity index (χ1v) is 8.95. The van der Waals surface area contributed by atoms with Crippen LogP contribution in [0.4, 0.5) is 5.00 Å². The van der Waals surface area contributed by atoms with Crippen LogP contribution in [-0.2, 0) is 25.6 Å². The molecule has 0 unspecified atom stereocenters. The molecule has 146 valence electrons. The highest BCUT2D eigenvalue weighted by molar-refractivity contribution is 7.18.